The third kappa shape index (κ3) is 4.63. The monoisotopic (exact) mass is 367 g/mol. The number of rotatable bonds is 6. The number of carbonyl (C=O) groups is 1. The largest absolute Gasteiger partial charge is 0.352 e. The Labute approximate surface area is 161 Å². The molecule has 0 radical (unpaired) electrons. The van der Waals surface area contributed by atoms with Crippen LogP contribution < -0.4 is 11.1 Å². The van der Waals surface area contributed by atoms with Gasteiger partial charge in [-0.15, -0.1) is 0 Å². The minimum absolute atomic E-state index is 0.264. The highest BCUT2D eigenvalue weighted by molar-refractivity contribution is 5.71. The number of amides is 2. The van der Waals surface area contributed by atoms with Crippen molar-refractivity contribution in [3.63, 3.8) is 0 Å². The normalized spacial score (nSPS) is 20.4. The van der Waals surface area contributed by atoms with E-state index < -0.39 is 6.03 Å². The molecule has 1 aliphatic heterocycles. The third-order valence-corrected chi connectivity index (χ3v) is 5.38. The maximum absolute atomic E-state index is 11.0. The number of hydrogen-bond acceptors (Lipinski definition) is 4. The molecule has 3 rings (SSSR count). The van der Waals surface area contributed by atoms with Crippen LogP contribution in [0.25, 0.3) is 0 Å². The summed E-state index contributed by atoms with van der Waals surface area (Å²) < 4.78 is 0. The second-order valence-corrected chi connectivity index (χ2v) is 7.26. The van der Waals surface area contributed by atoms with Gasteiger partial charge in [0.1, 0.15) is 0 Å². The molecule has 3 heterocycles. The molecule has 1 saturated heterocycles. The Morgan fingerprint density at radius 3 is 2.15 bits per heavy atom. The Hall–Kier alpha value is -2.47. The van der Waals surface area contributed by atoms with Crippen molar-refractivity contribution in [1.29, 1.82) is 0 Å². The number of aryl methyl sites for hydroxylation is 2. The Balaban J connectivity index is 1.88. The van der Waals surface area contributed by atoms with Crippen molar-refractivity contribution in [3.05, 3.63) is 59.2 Å². The highest BCUT2D eigenvalue weighted by Crippen LogP contribution is 2.41. The van der Waals surface area contributed by atoms with E-state index in [-0.39, 0.29) is 12.1 Å². The van der Waals surface area contributed by atoms with E-state index in [1.165, 1.54) is 11.1 Å². The number of nitrogens with one attached hydrogen (secondary N) is 1. The van der Waals surface area contributed by atoms with E-state index in [0.717, 1.165) is 43.6 Å². The Morgan fingerprint density at radius 2 is 1.67 bits per heavy atom. The van der Waals surface area contributed by atoms with Crippen LogP contribution in [0.3, 0.4) is 0 Å². The lowest BCUT2D eigenvalue weighted by Crippen LogP contribution is -2.40. The van der Waals surface area contributed by atoms with Gasteiger partial charge in [0.05, 0.1) is 23.5 Å². The van der Waals surface area contributed by atoms with Crippen LogP contribution in [-0.2, 0) is 0 Å². The van der Waals surface area contributed by atoms with Crippen LogP contribution in [0.4, 0.5) is 4.79 Å². The molecule has 144 valence electrons. The smallest absolute Gasteiger partial charge is 0.312 e. The van der Waals surface area contributed by atoms with Gasteiger partial charge in [-0.1, -0.05) is 12.1 Å². The Morgan fingerprint density at radius 1 is 1.11 bits per heavy atom. The zero-order chi connectivity index (χ0) is 19.2. The molecule has 0 bridgehead atoms. The predicted molar refractivity (Wildman–Crippen MR) is 106 cm³/mol. The van der Waals surface area contributed by atoms with Gasteiger partial charge in [-0.2, -0.15) is 0 Å². The van der Waals surface area contributed by atoms with Crippen LogP contribution in [-0.4, -0.2) is 34.0 Å². The number of nitrogens with two attached hydrogens (primary N) is 1. The number of likely N-dealkylation sites (tertiary alicyclic amines) is 1. The first kappa shape index (κ1) is 19.3. The van der Waals surface area contributed by atoms with Crippen LogP contribution in [0.5, 0.6) is 0 Å². The van der Waals surface area contributed by atoms with Crippen molar-refractivity contribution in [2.24, 2.45) is 5.73 Å². The van der Waals surface area contributed by atoms with Gasteiger partial charge < -0.3 is 11.1 Å². The van der Waals surface area contributed by atoms with E-state index in [2.05, 4.69) is 36.2 Å². The fraction of sp³-hybridized carbons (Fsp3) is 0.476. The molecule has 0 aliphatic carbocycles. The summed E-state index contributed by atoms with van der Waals surface area (Å²) in [5.74, 6) is 0. The number of hydrogen-bond donors (Lipinski definition) is 2. The van der Waals surface area contributed by atoms with Crippen molar-refractivity contribution < 1.29 is 4.79 Å². The first-order valence-electron chi connectivity index (χ1n) is 9.70. The number of carbonyl (C=O) groups excluding carboxylic acids is 1. The summed E-state index contributed by atoms with van der Waals surface area (Å²) in [6, 6.07) is 8.30. The molecule has 6 nitrogen and oxygen atoms in total. The van der Waals surface area contributed by atoms with Gasteiger partial charge in [-0.25, -0.2) is 4.79 Å². The predicted octanol–water partition coefficient (Wildman–Crippen LogP) is 3.42. The molecule has 0 saturated carbocycles. The van der Waals surface area contributed by atoms with Crippen molar-refractivity contribution in [2.75, 3.05) is 13.1 Å². The van der Waals surface area contributed by atoms with Crippen LogP contribution in [0.15, 0.2) is 36.7 Å². The Kier molecular flexibility index (Phi) is 6.40. The molecule has 2 atom stereocenters. The summed E-state index contributed by atoms with van der Waals surface area (Å²) in [6.07, 6.45) is 7.92. The van der Waals surface area contributed by atoms with Crippen molar-refractivity contribution in [3.8, 4) is 0 Å². The molecule has 0 spiro atoms. The SMILES string of the molecule is Cc1cccnc1[C@H]1CCC[C@@H](c2ncccc2C)N1CCCNC(N)=O. The molecular weight excluding hydrogens is 338 g/mol. The number of urea groups is 1. The zero-order valence-electron chi connectivity index (χ0n) is 16.2. The van der Waals surface area contributed by atoms with Crippen LogP contribution >= 0.6 is 0 Å². The molecule has 0 unspecified atom stereocenters. The second kappa shape index (κ2) is 8.95. The summed E-state index contributed by atoms with van der Waals surface area (Å²) in [5, 5.41) is 2.70. The van der Waals surface area contributed by atoms with E-state index in [1.807, 2.05) is 24.5 Å². The van der Waals surface area contributed by atoms with Gasteiger partial charge in [0, 0.05) is 25.5 Å². The average Bonchev–Trinajstić information content (AvgIpc) is 2.66. The molecule has 1 fully saturated rings. The average molecular weight is 367 g/mol. The van der Waals surface area contributed by atoms with Crippen molar-refractivity contribution in [1.82, 2.24) is 20.2 Å². The van der Waals surface area contributed by atoms with Gasteiger partial charge in [0.2, 0.25) is 0 Å². The van der Waals surface area contributed by atoms with E-state index in [0.29, 0.717) is 6.54 Å². The fourth-order valence-electron chi connectivity index (χ4n) is 4.12. The van der Waals surface area contributed by atoms with Crippen molar-refractivity contribution >= 4 is 6.03 Å². The molecule has 2 aromatic rings. The zero-order valence-corrected chi connectivity index (χ0v) is 16.2. The summed E-state index contributed by atoms with van der Waals surface area (Å²) >= 11 is 0. The molecule has 3 N–H and O–H groups in total. The number of pyridine rings is 2. The van der Waals surface area contributed by atoms with Crippen LogP contribution in [0.1, 0.15) is 60.3 Å². The minimum Gasteiger partial charge on any atom is -0.352 e. The van der Waals surface area contributed by atoms with E-state index in [9.17, 15) is 4.79 Å². The quantitative estimate of drug-likeness (QED) is 0.766. The summed E-state index contributed by atoms with van der Waals surface area (Å²) in [5.41, 5.74) is 9.95. The van der Waals surface area contributed by atoms with Gasteiger partial charge in [-0.3, -0.25) is 14.9 Å². The Bertz CT molecular complexity index is 725. The fourth-order valence-corrected chi connectivity index (χ4v) is 4.12. The molecule has 2 amide bonds. The van der Waals surface area contributed by atoms with Gasteiger partial charge in [0.25, 0.3) is 0 Å². The number of aromatic nitrogens is 2. The van der Waals surface area contributed by atoms with Crippen LogP contribution in [0.2, 0.25) is 0 Å². The highest BCUT2D eigenvalue weighted by atomic mass is 16.2. The lowest BCUT2D eigenvalue weighted by molar-refractivity contribution is 0.0751. The van der Waals surface area contributed by atoms with Crippen LogP contribution in [0, 0.1) is 13.8 Å². The lowest BCUT2D eigenvalue weighted by atomic mass is 9.88. The third-order valence-electron chi connectivity index (χ3n) is 5.38. The highest BCUT2D eigenvalue weighted by Gasteiger charge is 2.34. The van der Waals surface area contributed by atoms with E-state index >= 15 is 0 Å². The lowest BCUT2D eigenvalue weighted by Gasteiger charge is -2.42. The standard InChI is InChI=1S/C21H29N5O/c1-15-7-4-11-23-19(15)17-9-3-10-18(20-16(2)8-5-12-24-20)26(17)14-6-13-25-21(22)27/h4-5,7-8,11-12,17-18H,3,6,9-10,13-14H2,1-2H3,(H3,22,25,27)/t17-,18+. The summed E-state index contributed by atoms with van der Waals surface area (Å²) in [6.45, 7) is 5.70. The first-order valence-corrected chi connectivity index (χ1v) is 9.70. The maximum Gasteiger partial charge on any atom is 0.312 e. The summed E-state index contributed by atoms with van der Waals surface area (Å²) in [7, 11) is 0. The maximum atomic E-state index is 11.0. The van der Waals surface area contributed by atoms with Crippen molar-refractivity contribution in [2.45, 2.75) is 51.6 Å². The number of nitrogens with zero attached hydrogens (tertiary/aromatic N) is 3. The first-order chi connectivity index (χ1) is 13.1. The van der Waals surface area contributed by atoms with E-state index in [4.69, 9.17) is 15.7 Å². The van der Waals surface area contributed by atoms with Gasteiger partial charge in [0.15, 0.2) is 0 Å². The minimum atomic E-state index is -0.470. The molecule has 2 aromatic heterocycles. The number of piperidine rings is 1. The molecule has 6 heteroatoms. The topological polar surface area (TPSA) is 84.1 Å². The summed E-state index contributed by atoms with van der Waals surface area (Å²) in [4.78, 5) is 22.9. The van der Waals surface area contributed by atoms with Gasteiger partial charge >= 0.3 is 6.03 Å². The second-order valence-electron chi connectivity index (χ2n) is 7.26. The molecule has 1 aliphatic rings. The van der Waals surface area contributed by atoms with Gasteiger partial charge in [-0.05, 0) is 62.8 Å². The van der Waals surface area contributed by atoms with E-state index in [1.54, 1.807) is 0 Å². The molecule has 0 aromatic carbocycles. The molecule has 27 heavy (non-hydrogen) atoms. The number of primary amides is 1. The molecular formula is C21H29N5O.